The number of ether oxygens (including phenoxy) is 1. The van der Waals surface area contributed by atoms with Crippen LogP contribution in [0.3, 0.4) is 0 Å². The summed E-state index contributed by atoms with van der Waals surface area (Å²) >= 11 is 0. The first kappa shape index (κ1) is 25.8. The molecule has 0 radical (unpaired) electrons. The van der Waals surface area contributed by atoms with Crippen molar-refractivity contribution in [1.82, 2.24) is 19.6 Å². The maximum Gasteiger partial charge on any atom is 0.451 e. The van der Waals surface area contributed by atoms with Gasteiger partial charge in [0.25, 0.3) is 0 Å². The summed E-state index contributed by atoms with van der Waals surface area (Å²) in [6.07, 6.45) is -0.522. The fraction of sp³-hybridized carbons (Fsp3) is 0.409. The third-order valence-corrected chi connectivity index (χ3v) is 7.22. The van der Waals surface area contributed by atoms with E-state index in [2.05, 4.69) is 21.9 Å². The number of nitrogens with one attached hydrogen (secondary N) is 1. The van der Waals surface area contributed by atoms with E-state index in [9.17, 15) is 22.2 Å². The van der Waals surface area contributed by atoms with Crippen molar-refractivity contribution in [2.24, 2.45) is 5.92 Å². The number of rotatable bonds is 8. The average Bonchev–Trinajstić information content (AvgIpc) is 3.56. The van der Waals surface area contributed by atoms with Crippen molar-refractivity contribution in [2.75, 3.05) is 12.8 Å². The van der Waals surface area contributed by atoms with Crippen LogP contribution in [-0.2, 0) is 28.5 Å². The minimum absolute atomic E-state index is 0. The van der Waals surface area contributed by atoms with Crippen LogP contribution in [0.4, 0.5) is 13.2 Å². The lowest BCUT2D eigenvalue weighted by Gasteiger charge is -2.30. The Morgan fingerprint density at radius 1 is 1.21 bits per heavy atom. The number of allylic oxidation sites excluding steroid dienone is 1. The van der Waals surface area contributed by atoms with Crippen LogP contribution < -0.4 is 10.1 Å². The Morgan fingerprint density at radius 2 is 1.82 bits per heavy atom. The van der Waals surface area contributed by atoms with E-state index in [1.54, 1.807) is 35.6 Å². The lowest BCUT2D eigenvalue weighted by Crippen LogP contribution is -2.53. The van der Waals surface area contributed by atoms with Crippen LogP contribution >= 0.6 is 0 Å². The van der Waals surface area contributed by atoms with Crippen LogP contribution in [0.15, 0.2) is 48.9 Å². The summed E-state index contributed by atoms with van der Waals surface area (Å²) in [4.78, 5) is 19.1. The van der Waals surface area contributed by atoms with E-state index in [0.29, 0.717) is 18.0 Å². The lowest BCUT2D eigenvalue weighted by atomic mass is 9.92. The van der Waals surface area contributed by atoms with Gasteiger partial charge in [-0.15, -0.1) is 0 Å². The summed E-state index contributed by atoms with van der Waals surface area (Å²) in [5, 5.41) is 3.22. The number of alkyl halides is 3. The number of carbonyl (C=O) groups is 1. The van der Waals surface area contributed by atoms with Gasteiger partial charge in [0.05, 0.1) is 29.1 Å². The topological polar surface area (TPSA) is 116 Å². The Labute approximate surface area is 197 Å². The predicted octanol–water partition coefficient (Wildman–Crippen LogP) is 2.78. The van der Waals surface area contributed by atoms with Crippen molar-refractivity contribution in [3.8, 4) is 11.5 Å². The number of benzene rings is 1. The molecule has 0 bridgehead atoms. The third kappa shape index (κ3) is 5.62. The molecule has 184 valence electrons. The summed E-state index contributed by atoms with van der Waals surface area (Å²) in [7, 11) is 0.343. The maximum absolute atomic E-state index is 13.0. The highest BCUT2D eigenvalue weighted by atomic mass is 32.2. The molecule has 2 aromatic rings. The molecule has 2 aliphatic rings. The highest BCUT2D eigenvalue weighted by molar-refractivity contribution is 7.82. The second kappa shape index (κ2) is 9.80. The number of aromatic nitrogens is 2. The van der Waals surface area contributed by atoms with Gasteiger partial charge in [-0.3, -0.25) is 4.79 Å². The molecule has 0 spiro atoms. The van der Waals surface area contributed by atoms with Crippen molar-refractivity contribution >= 4 is 16.8 Å². The molecule has 3 N–H and O–H groups in total. The van der Waals surface area contributed by atoms with Crippen molar-refractivity contribution in [3.05, 3.63) is 60.3 Å². The first-order valence-electron chi connectivity index (χ1n) is 10.3. The zero-order valence-electron chi connectivity index (χ0n) is 18.4. The van der Waals surface area contributed by atoms with Crippen LogP contribution in [0.25, 0.3) is 0 Å². The first-order valence-corrected chi connectivity index (χ1v) is 11.6. The fourth-order valence-corrected chi connectivity index (χ4v) is 5.24. The van der Waals surface area contributed by atoms with Gasteiger partial charge >= 0.3 is 6.18 Å². The van der Waals surface area contributed by atoms with Crippen molar-refractivity contribution in [3.63, 3.8) is 0 Å². The summed E-state index contributed by atoms with van der Waals surface area (Å²) in [6, 6.07) is 6.85. The van der Waals surface area contributed by atoms with Crippen LogP contribution in [0, 0.1) is 5.92 Å². The molecule has 4 rings (SSSR count). The number of nitrogens with zero attached hydrogens (tertiary/aromatic N) is 3. The fourth-order valence-electron chi connectivity index (χ4n) is 3.87. The molecule has 2 fully saturated rings. The van der Waals surface area contributed by atoms with Crippen LogP contribution in [0.1, 0.15) is 30.7 Å². The second-order valence-electron chi connectivity index (χ2n) is 8.31. The molecule has 1 aliphatic heterocycles. The van der Waals surface area contributed by atoms with E-state index < -0.39 is 28.5 Å². The van der Waals surface area contributed by atoms with Gasteiger partial charge in [0.15, 0.2) is 11.5 Å². The normalized spacial score (nSPS) is 21.2. The number of carbonyl (C=O) groups excluding carboxylic acids is 1. The van der Waals surface area contributed by atoms with E-state index in [4.69, 9.17) is 4.74 Å². The van der Waals surface area contributed by atoms with E-state index in [-0.39, 0.29) is 35.1 Å². The van der Waals surface area contributed by atoms with Gasteiger partial charge < -0.3 is 15.5 Å². The summed E-state index contributed by atoms with van der Waals surface area (Å²) in [6.45, 7) is 4.25. The highest BCUT2D eigenvalue weighted by Crippen LogP contribution is 2.44. The van der Waals surface area contributed by atoms with Gasteiger partial charge in [0, 0.05) is 25.7 Å². The monoisotopic (exact) mass is 498 g/mol. The van der Waals surface area contributed by atoms with Crippen molar-refractivity contribution < 1.29 is 32.4 Å². The number of hydrogen-bond acceptors (Lipinski definition) is 6. The Hall–Kier alpha value is -2.83. The van der Waals surface area contributed by atoms with E-state index >= 15 is 0 Å². The minimum Gasteiger partial charge on any atom is -0.454 e. The zero-order valence-corrected chi connectivity index (χ0v) is 19.2. The SMILES string of the molecule is C=C1CC(=O)[C@](CS(=O)N(C)Cc2ccc(Oc3cnc(C(F)(F)F)nc3)cc2)(C2CC2)N1.O. The molecule has 0 amide bonds. The largest absolute Gasteiger partial charge is 0.454 e. The van der Waals surface area contributed by atoms with Gasteiger partial charge in [-0.25, -0.2) is 18.5 Å². The Morgan fingerprint density at radius 3 is 2.32 bits per heavy atom. The zero-order chi connectivity index (χ0) is 23.8. The summed E-state index contributed by atoms with van der Waals surface area (Å²) in [5.74, 6) is -0.282. The number of ketones is 1. The molecule has 2 heterocycles. The lowest BCUT2D eigenvalue weighted by molar-refractivity contribution is -0.145. The molecular formula is C22H25F3N4O4S. The highest BCUT2D eigenvalue weighted by Gasteiger charge is 2.54. The quantitative estimate of drug-likeness (QED) is 0.598. The Kier molecular flexibility index (Phi) is 7.44. The number of halogens is 3. The summed E-state index contributed by atoms with van der Waals surface area (Å²) < 4.78 is 57.8. The van der Waals surface area contributed by atoms with E-state index in [1.165, 1.54) is 0 Å². The van der Waals surface area contributed by atoms with Gasteiger partial charge in [0.2, 0.25) is 5.82 Å². The molecular weight excluding hydrogens is 473 g/mol. The van der Waals surface area contributed by atoms with E-state index in [0.717, 1.165) is 30.8 Å². The summed E-state index contributed by atoms with van der Waals surface area (Å²) in [5.41, 5.74) is 0.760. The molecule has 1 saturated heterocycles. The van der Waals surface area contributed by atoms with Gasteiger partial charge in [-0.05, 0) is 36.5 Å². The van der Waals surface area contributed by atoms with Crippen LogP contribution in [-0.4, -0.2) is 48.1 Å². The molecule has 1 aromatic carbocycles. The Bertz CT molecular complexity index is 1080. The Balaban J connectivity index is 0.00000324. The van der Waals surface area contributed by atoms with Gasteiger partial charge in [0.1, 0.15) is 11.3 Å². The van der Waals surface area contributed by atoms with Crippen LogP contribution in [0.5, 0.6) is 11.5 Å². The van der Waals surface area contributed by atoms with Gasteiger partial charge in [-0.2, -0.15) is 13.2 Å². The molecule has 1 unspecified atom stereocenters. The number of Topliss-reactive ketones (excluding diaryl/α,β-unsaturated/α-hetero) is 1. The average molecular weight is 499 g/mol. The number of hydrogen-bond donors (Lipinski definition) is 1. The minimum atomic E-state index is -4.61. The molecule has 12 heteroatoms. The van der Waals surface area contributed by atoms with E-state index in [1.807, 2.05) is 0 Å². The first-order chi connectivity index (χ1) is 15.6. The van der Waals surface area contributed by atoms with Crippen LogP contribution in [0.2, 0.25) is 0 Å². The smallest absolute Gasteiger partial charge is 0.451 e. The molecule has 1 aromatic heterocycles. The molecule has 34 heavy (non-hydrogen) atoms. The van der Waals surface area contributed by atoms with Gasteiger partial charge in [-0.1, -0.05) is 18.7 Å². The van der Waals surface area contributed by atoms with Crippen molar-refractivity contribution in [2.45, 2.75) is 37.5 Å². The molecule has 8 nitrogen and oxygen atoms in total. The standard InChI is InChI=1S/C22H23F3N4O3S.H2O/c1-14-9-19(30)21(28-14,16-5-6-16)13-33(31)29(2)12-15-3-7-17(8-4-15)32-18-10-26-20(27-11-18)22(23,24)25;/h3-4,7-8,10-11,16,28H,1,5-6,9,12-13H2,2H3;1H2/t21-,33?;/m0./s1. The maximum atomic E-state index is 13.0. The molecule has 1 aliphatic carbocycles. The second-order valence-corrected chi connectivity index (χ2v) is 9.87. The third-order valence-electron chi connectivity index (χ3n) is 5.69. The van der Waals surface area contributed by atoms with Crippen molar-refractivity contribution in [1.29, 1.82) is 0 Å². The molecule has 1 saturated carbocycles. The predicted molar refractivity (Wildman–Crippen MR) is 119 cm³/mol. The molecule has 2 atom stereocenters.